The number of hydrogen-bond acceptors (Lipinski definition) is 3. The van der Waals surface area contributed by atoms with E-state index in [1.807, 2.05) is 39.0 Å². The number of anilines is 1. The summed E-state index contributed by atoms with van der Waals surface area (Å²) >= 11 is 0. The van der Waals surface area contributed by atoms with Gasteiger partial charge in [-0.15, -0.1) is 0 Å². The van der Waals surface area contributed by atoms with Gasteiger partial charge in [0, 0.05) is 25.7 Å². The highest BCUT2D eigenvalue weighted by Gasteiger charge is 2.33. The Morgan fingerprint density at radius 1 is 1.30 bits per heavy atom. The Labute approximate surface area is 121 Å². The van der Waals surface area contributed by atoms with Gasteiger partial charge in [0.25, 0.3) is 0 Å². The minimum Gasteiger partial charge on any atom is -0.324 e. The van der Waals surface area contributed by atoms with E-state index in [1.165, 1.54) is 8.61 Å². The van der Waals surface area contributed by atoms with E-state index in [-0.39, 0.29) is 12.1 Å². The fourth-order valence-corrected chi connectivity index (χ4v) is 3.93. The molecular weight excluding hydrogens is 274 g/mol. The summed E-state index contributed by atoms with van der Waals surface area (Å²) in [7, 11) is -1.83. The standard InChI is InChI=1S/C14H23N3O2S/c1-10(2)16(4)20(18,19)17-8-7-13-9-12(11(3)15)5-6-14(13)17/h5-6,9-11H,7-8,15H2,1-4H3. The molecule has 5 nitrogen and oxygen atoms in total. The third kappa shape index (κ3) is 2.55. The van der Waals surface area contributed by atoms with E-state index in [2.05, 4.69) is 0 Å². The maximum absolute atomic E-state index is 12.6. The lowest BCUT2D eigenvalue weighted by Crippen LogP contribution is -2.44. The summed E-state index contributed by atoms with van der Waals surface area (Å²) in [5, 5.41) is 0. The van der Waals surface area contributed by atoms with Gasteiger partial charge in [0.2, 0.25) is 0 Å². The van der Waals surface area contributed by atoms with Crippen molar-refractivity contribution in [2.24, 2.45) is 5.73 Å². The predicted octanol–water partition coefficient (Wildman–Crippen LogP) is 1.65. The fraction of sp³-hybridized carbons (Fsp3) is 0.571. The summed E-state index contributed by atoms with van der Waals surface area (Å²) in [5.74, 6) is 0. The summed E-state index contributed by atoms with van der Waals surface area (Å²) in [6.45, 7) is 6.16. The lowest BCUT2D eigenvalue weighted by molar-refractivity contribution is 0.408. The zero-order valence-corrected chi connectivity index (χ0v) is 13.3. The van der Waals surface area contributed by atoms with Gasteiger partial charge in [-0.25, -0.2) is 0 Å². The van der Waals surface area contributed by atoms with Gasteiger partial charge in [0.1, 0.15) is 0 Å². The molecule has 0 bridgehead atoms. The molecule has 1 aliphatic heterocycles. The van der Waals surface area contributed by atoms with Crippen molar-refractivity contribution in [3.63, 3.8) is 0 Å². The molecule has 0 saturated carbocycles. The van der Waals surface area contributed by atoms with Crippen LogP contribution in [-0.2, 0) is 16.6 Å². The lowest BCUT2D eigenvalue weighted by atomic mass is 10.0. The van der Waals surface area contributed by atoms with Crippen LogP contribution in [0.25, 0.3) is 0 Å². The zero-order valence-electron chi connectivity index (χ0n) is 12.5. The molecule has 1 atom stereocenters. The molecule has 1 heterocycles. The summed E-state index contributed by atoms with van der Waals surface area (Å²) in [4.78, 5) is 0. The molecule has 1 aliphatic rings. The highest BCUT2D eigenvalue weighted by molar-refractivity contribution is 7.90. The molecule has 0 amide bonds. The maximum Gasteiger partial charge on any atom is 0.304 e. The van der Waals surface area contributed by atoms with E-state index < -0.39 is 10.2 Å². The van der Waals surface area contributed by atoms with Crippen LogP contribution in [-0.4, -0.2) is 32.4 Å². The van der Waals surface area contributed by atoms with Gasteiger partial charge in [0.15, 0.2) is 0 Å². The monoisotopic (exact) mass is 297 g/mol. The minimum absolute atomic E-state index is 0.0377. The van der Waals surface area contributed by atoms with Gasteiger partial charge >= 0.3 is 10.2 Å². The molecule has 0 saturated heterocycles. The van der Waals surface area contributed by atoms with Crippen molar-refractivity contribution in [3.8, 4) is 0 Å². The number of benzene rings is 1. The molecule has 112 valence electrons. The number of fused-ring (bicyclic) bond motifs is 1. The number of nitrogens with zero attached hydrogens (tertiary/aromatic N) is 2. The van der Waals surface area contributed by atoms with E-state index in [4.69, 9.17) is 5.73 Å². The summed E-state index contributed by atoms with van der Waals surface area (Å²) in [5.41, 5.74) is 8.75. The first-order valence-electron chi connectivity index (χ1n) is 6.89. The van der Waals surface area contributed by atoms with Crippen LogP contribution in [0, 0.1) is 0 Å². The van der Waals surface area contributed by atoms with Crippen LogP contribution in [0.1, 0.15) is 37.9 Å². The molecule has 0 aliphatic carbocycles. The Kier molecular flexibility index (Phi) is 4.09. The Bertz CT molecular complexity index is 596. The second-order valence-electron chi connectivity index (χ2n) is 5.62. The molecule has 2 N–H and O–H groups in total. The highest BCUT2D eigenvalue weighted by atomic mass is 32.2. The molecular formula is C14H23N3O2S. The van der Waals surface area contributed by atoms with Crippen LogP contribution in [0.3, 0.4) is 0 Å². The first kappa shape index (κ1) is 15.3. The van der Waals surface area contributed by atoms with Gasteiger partial charge in [-0.3, -0.25) is 4.31 Å². The topological polar surface area (TPSA) is 66.6 Å². The van der Waals surface area contributed by atoms with Crippen LogP contribution in [0.2, 0.25) is 0 Å². The van der Waals surface area contributed by atoms with Crippen LogP contribution < -0.4 is 10.0 Å². The SMILES string of the molecule is CC(N)c1ccc2c(c1)CCN2S(=O)(=O)N(C)C(C)C. The normalized spacial score (nSPS) is 16.9. The molecule has 0 aromatic heterocycles. The van der Waals surface area contributed by atoms with Crippen molar-refractivity contribution < 1.29 is 8.42 Å². The Balaban J connectivity index is 2.38. The van der Waals surface area contributed by atoms with Crippen LogP contribution in [0.5, 0.6) is 0 Å². The second-order valence-corrected chi connectivity index (χ2v) is 7.53. The Morgan fingerprint density at radius 2 is 1.95 bits per heavy atom. The first-order valence-corrected chi connectivity index (χ1v) is 8.29. The second kappa shape index (κ2) is 5.35. The lowest BCUT2D eigenvalue weighted by Gasteiger charge is -2.28. The average Bonchev–Trinajstić information content (AvgIpc) is 2.80. The molecule has 0 radical (unpaired) electrons. The molecule has 6 heteroatoms. The van der Waals surface area contributed by atoms with Crippen molar-refractivity contribution in [2.45, 2.75) is 39.3 Å². The van der Waals surface area contributed by atoms with Crippen molar-refractivity contribution in [1.82, 2.24) is 4.31 Å². The van der Waals surface area contributed by atoms with Crippen molar-refractivity contribution in [3.05, 3.63) is 29.3 Å². The molecule has 20 heavy (non-hydrogen) atoms. The summed E-state index contributed by atoms with van der Waals surface area (Å²) < 4.78 is 28.1. The molecule has 1 unspecified atom stereocenters. The van der Waals surface area contributed by atoms with Crippen LogP contribution >= 0.6 is 0 Å². The van der Waals surface area contributed by atoms with E-state index in [0.29, 0.717) is 6.54 Å². The molecule has 1 aromatic rings. The summed E-state index contributed by atoms with van der Waals surface area (Å²) in [6, 6.07) is 5.70. The van der Waals surface area contributed by atoms with E-state index in [9.17, 15) is 8.42 Å². The van der Waals surface area contributed by atoms with Crippen LogP contribution in [0.15, 0.2) is 18.2 Å². The molecule has 0 spiro atoms. The molecule has 1 aromatic carbocycles. The van der Waals surface area contributed by atoms with Crippen molar-refractivity contribution in [1.29, 1.82) is 0 Å². The van der Waals surface area contributed by atoms with E-state index in [1.54, 1.807) is 7.05 Å². The van der Waals surface area contributed by atoms with Gasteiger partial charge in [-0.1, -0.05) is 12.1 Å². The highest BCUT2D eigenvalue weighted by Crippen LogP contribution is 2.33. The van der Waals surface area contributed by atoms with Crippen molar-refractivity contribution >= 4 is 15.9 Å². The zero-order chi connectivity index (χ0) is 15.1. The van der Waals surface area contributed by atoms with E-state index in [0.717, 1.165) is 23.2 Å². The Morgan fingerprint density at radius 3 is 2.50 bits per heavy atom. The quantitative estimate of drug-likeness (QED) is 0.919. The van der Waals surface area contributed by atoms with Gasteiger partial charge < -0.3 is 5.73 Å². The summed E-state index contributed by atoms with van der Waals surface area (Å²) in [6.07, 6.45) is 0.737. The van der Waals surface area contributed by atoms with E-state index >= 15 is 0 Å². The van der Waals surface area contributed by atoms with Crippen LogP contribution in [0.4, 0.5) is 5.69 Å². The third-order valence-electron chi connectivity index (χ3n) is 3.85. The molecule has 0 fully saturated rings. The van der Waals surface area contributed by atoms with Gasteiger partial charge in [-0.05, 0) is 44.4 Å². The average molecular weight is 297 g/mol. The number of nitrogens with two attached hydrogens (primary N) is 1. The van der Waals surface area contributed by atoms with Gasteiger partial charge in [-0.2, -0.15) is 12.7 Å². The largest absolute Gasteiger partial charge is 0.324 e. The molecule has 2 rings (SSSR count). The van der Waals surface area contributed by atoms with Gasteiger partial charge in [0.05, 0.1) is 5.69 Å². The number of rotatable bonds is 4. The smallest absolute Gasteiger partial charge is 0.304 e. The predicted molar refractivity (Wildman–Crippen MR) is 81.9 cm³/mol. The van der Waals surface area contributed by atoms with Crippen molar-refractivity contribution in [2.75, 3.05) is 17.9 Å². The maximum atomic E-state index is 12.6. The first-order chi connectivity index (χ1) is 9.25. The minimum atomic E-state index is -3.45. The fourth-order valence-electron chi connectivity index (χ4n) is 2.34. The Hall–Kier alpha value is -1.11. The number of hydrogen-bond donors (Lipinski definition) is 1. The third-order valence-corrected chi connectivity index (χ3v) is 5.94.